The summed E-state index contributed by atoms with van der Waals surface area (Å²) in [7, 11) is 1.51. The van der Waals surface area contributed by atoms with Crippen LogP contribution in [0.5, 0.6) is 5.75 Å². The molecule has 1 atom stereocenters. The van der Waals surface area contributed by atoms with E-state index < -0.39 is 17.7 Å². The smallest absolute Gasteiger partial charge is 0.300 e. The number of amides is 1. The number of ether oxygens (including phenoxy) is 1. The third-order valence-corrected chi connectivity index (χ3v) is 5.11. The molecule has 6 nitrogen and oxygen atoms in total. The fraction of sp³-hybridized carbons (Fsp3) is 0.0870. The molecule has 0 radical (unpaired) electrons. The van der Waals surface area contributed by atoms with Gasteiger partial charge in [-0.3, -0.25) is 19.5 Å². The summed E-state index contributed by atoms with van der Waals surface area (Å²) in [5, 5.41) is 11.5. The normalized spacial score (nSPS) is 17.9. The highest BCUT2D eigenvalue weighted by atomic mass is 35.5. The van der Waals surface area contributed by atoms with Crippen molar-refractivity contribution < 1.29 is 19.4 Å². The molecule has 1 N–H and O–H groups in total. The first-order valence-electron chi connectivity index (χ1n) is 9.13. The van der Waals surface area contributed by atoms with Crippen molar-refractivity contribution in [3.8, 4) is 5.75 Å². The van der Waals surface area contributed by atoms with Crippen molar-refractivity contribution in [2.24, 2.45) is 0 Å². The highest BCUT2D eigenvalue weighted by Gasteiger charge is 2.47. The molecular weight excluding hydrogens is 404 g/mol. The summed E-state index contributed by atoms with van der Waals surface area (Å²) in [4.78, 5) is 31.7. The van der Waals surface area contributed by atoms with Crippen LogP contribution in [-0.2, 0) is 9.59 Å². The summed E-state index contributed by atoms with van der Waals surface area (Å²) in [6.07, 6.45) is 1.57. The molecule has 1 aliphatic heterocycles. The molecule has 3 aromatic rings. The van der Waals surface area contributed by atoms with Crippen LogP contribution in [0, 0.1) is 0 Å². The van der Waals surface area contributed by atoms with Crippen LogP contribution in [0.3, 0.4) is 0 Å². The Bertz CT molecular complexity index is 1140. The van der Waals surface area contributed by atoms with Gasteiger partial charge in [0, 0.05) is 22.5 Å². The Kier molecular flexibility index (Phi) is 5.25. The van der Waals surface area contributed by atoms with Crippen LogP contribution in [0.1, 0.15) is 17.3 Å². The Morgan fingerprint density at radius 1 is 1.07 bits per heavy atom. The average Bonchev–Trinajstić information content (AvgIpc) is 3.05. The number of methoxy groups -OCH3 is 1. The maximum atomic E-state index is 13.0. The van der Waals surface area contributed by atoms with E-state index >= 15 is 0 Å². The number of ketones is 1. The van der Waals surface area contributed by atoms with Gasteiger partial charge in [0.2, 0.25) is 0 Å². The number of aliphatic hydroxyl groups excluding tert-OH is 1. The zero-order valence-electron chi connectivity index (χ0n) is 15.9. The van der Waals surface area contributed by atoms with Crippen LogP contribution in [0.15, 0.2) is 78.5 Å². The Hall–Kier alpha value is -3.64. The highest BCUT2D eigenvalue weighted by Crippen LogP contribution is 2.41. The lowest BCUT2D eigenvalue weighted by Crippen LogP contribution is -2.29. The van der Waals surface area contributed by atoms with Crippen molar-refractivity contribution in [2.75, 3.05) is 12.0 Å². The lowest BCUT2D eigenvalue weighted by molar-refractivity contribution is -0.132. The topological polar surface area (TPSA) is 79.7 Å². The molecule has 0 spiro atoms. The minimum absolute atomic E-state index is 0.0399. The molecule has 0 saturated carbocycles. The molecule has 1 unspecified atom stereocenters. The van der Waals surface area contributed by atoms with Gasteiger partial charge in [0.15, 0.2) is 0 Å². The second kappa shape index (κ2) is 8.00. The third-order valence-electron chi connectivity index (χ3n) is 4.86. The number of aliphatic hydroxyl groups is 1. The summed E-state index contributed by atoms with van der Waals surface area (Å²) in [5.41, 5.74) is 1.25. The van der Waals surface area contributed by atoms with Gasteiger partial charge in [0.1, 0.15) is 17.6 Å². The molecule has 7 heteroatoms. The molecule has 4 rings (SSSR count). The second-order valence-electron chi connectivity index (χ2n) is 6.63. The Morgan fingerprint density at radius 3 is 2.50 bits per heavy atom. The van der Waals surface area contributed by atoms with Gasteiger partial charge in [-0.1, -0.05) is 29.8 Å². The van der Waals surface area contributed by atoms with Crippen LogP contribution < -0.4 is 9.64 Å². The number of benzene rings is 2. The number of carbonyl (C=O) groups excluding carboxylic acids is 2. The first-order valence-corrected chi connectivity index (χ1v) is 9.51. The first-order chi connectivity index (χ1) is 14.5. The van der Waals surface area contributed by atoms with Crippen LogP contribution in [-0.4, -0.2) is 28.9 Å². The SMILES string of the molecule is COc1cccc(/C(O)=C2/C(=O)C(=O)N(c3ccc(Cl)cc3)C2c2ccccn2)c1. The summed E-state index contributed by atoms with van der Waals surface area (Å²) >= 11 is 5.98. The minimum Gasteiger partial charge on any atom is -0.507 e. The highest BCUT2D eigenvalue weighted by molar-refractivity contribution is 6.51. The maximum absolute atomic E-state index is 13.0. The van der Waals surface area contributed by atoms with E-state index in [0.29, 0.717) is 27.7 Å². The summed E-state index contributed by atoms with van der Waals surface area (Å²) in [6, 6.07) is 17.5. The number of Topliss-reactive ketones (excluding diaryl/α,β-unsaturated/α-hetero) is 1. The third kappa shape index (κ3) is 3.42. The molecule has 1 amide bonds. The Balaban J connectivity index is 1.93. The molecule has 0 bridgehead atoms. The van der Waals surface area contributed by atoms with E-state index in [-0.39, 0.29) is 11.3 Å². The second-order valence-corrected chi connectivity index (χ2v) is 7.07. The molecule has 150 valence electrons. The van der Waals surface area contributed by atoms with Crippen LogP contribution in [0.2, 0.25) is 5.02 Å². The van der Waals surface area contributed by atoms with Gasteiger partial charge in [0.05, 0.1) is 18.4 Å². The Labute approximate surface area is 178 Å². The van der Waals surface area contributed by atoms with Gasteiger partial charge in [-0.15, -0.1) is 0 Å². The Morgan fingerprint density at radius 2 is 1.83 bits per heavy atom. The van der Waals surface area contributed by atoms with Crippen molar-refractivity contribution in [1.82, 2.24) is 4.98 Å². The molecular formula is C23H17ClN2O4. The minimum atomic E-state index is -0.890. The lowest BCUT2D eigenvalue weighted by Gasteiger charge is -2.24. The van der Waals surface area contributed by atoms with Gasteiger partial charge < -0.3 is 9.84 Å². The lowest BCUT2D eigenvalue weighted by atomic mass is 9.98. The van der Waals surface area contributed by atoms with Gasteiger partial charge >= 0.3 is 0 Å². The molecule has 1 fully saturated rings. The van der Waals surface area contributed by atoms with E-state index in [4.69, 9.17) is 16.3 Å². The van der Waals surface area contributed by atoms with E-state index in [0.717, 1.165) is 0 Å². The predicted molar refractivity (Wildman–Crippen MR) is 113 cm³/mol. The van der Waals surface area contributed by atoms with E-state index in [1.165, 1.54) is 12.0 Å². The fourth-order valence-corrected chi connectivity index (χ4v) is 3.57. The summed E-state index contributed by atoms with van der Waals surface area (Å²) in [6.45, 7) is 0. The predicted octanol–water partition coefficient (Wildman–Crippen LogP) is 4.37. The standard InChI is InChI=1S/C23H17ClN2O4/c1-30-17-6-4-5-14(13-17)21(27)19-20(18-7-2-3-12-25-18)26(23(29)22(19)28)16-10-8-15(24)9-11-16/h2-13,20,27H,1H3/b21-19-. The number of nitrogens with zero attached hydrogens (tertiary/aromatic N) is 2. The number of hydrogen-bond acceptors (Lipinski definition) is 5. The molecule has 1 saturated heterocycles. The van der Waals surface area contributed by atoms with Gasteiger partial charge in [0.25, 0.3) is 11.7 Å². The van der Waals surface area contributed by atoms with Gasteiger partial charge in [-0.25, -0.2) is 0 Å². The summed E-state index contributed by atoms with van der Waals surface area (Å²) < 4.78 is 5.21. The fourth-order valence-electron chi connectivity index (χ4n) is 3.44. The number of anilines is 1. The van der Waals surface area contributed by atoms with Crippen LogP contribution >= 0.6 is 11.6 Å². The molecule has 1 aromatic heterocycles. The van der Waals surface area contributed by atoms with Crippen molar-refractivity contribution in [3.63, 3.8) is 0 Å². The van der Waals surface area contributed by atoms with Crippen molar-refractivity contribution in [2.45, 2.75) is 6.04 Å². The zero-order chi connectivity index (χ0) is 21.3. The quantitative estimate of drug-likeness (QED) is 0.385. The van der Waals surface area contributed by atoms with E-state index in [9.17, 15) is 14.7 Å². The van der Waals surface area contributed by atoms with Gasteiger partial charge in [-0.2, -0.15) is 0 Å². The van der Waals surface area contributed by atoms with Crippen LogP contribution in [0.25, 0.3) is 5.76 Å². The van der Waals surface area contributed by atoms with E-state index in [1.54, 1.807) is 72.9 Å². The largest absolute Gasteiger partial charge is 0.507 e. The zero-order valence-corrected chi connectivity index (χ0v) is 16.7. The van der Waals surface area contributed by atoms with Gasteiger partial charge in [-0.05, 0) is 48.5 Å². The van der Waals surface area contributed by atoms with Crippen molar-refractivity contribution in [1.29, 1.82) is 0 Å². The maximum Gasteiger partial charge on any atom is 0.300 e. The first kappa shape index (κ1) is 19.7. The molecule has 0 aliphatic carbocycles. The van der Waals surface area contributed by atoms with E-state index in [1.807, 2.05) is 0 Å². The number of rotatable bonds is 4. The summed E-state index contributed by atoms with van der Waals surface area (Å²) in [5.74, 6) is -1.32. The number of aromatic nitrogens is 1. The molecule has 1 aliphatic rings. The average molecular weight is 421 g/mol. The molecule has 2 heterocycles. The molecule has 2 aromatic carbocycles. The number of hydrogen-bond donors (Lipinski definition) is 1. The number of carbonyl (C=O) groups is 2. The van der Waals surface area contributed by atoms with Crippen molar-refractivity contribution in [3.05, 3.63) is 94.8 Å². The van der Waals surface area contributed by atoms with Crippen molar-refractivity contribution >= 4 is 34.7 Å². The monoisotopic (exact) mass is 420 g/mol. The molecule has 30 heavy (non-hydrogen) atoms. The van der Waals surface area contributed by atoms with E-state index in [2.05, 4.69) is 4.98 Å². The number of halogens is 1. The number of pyridine rings is 1. The van der Waals surface area contributed by atoms with Crippen LogP contribution in [0.4, 0.5) is 5.69 Å².